The molecular formula is C10H24N4. The monoisotopic (exact) mass is 200 g/mol. The summed E-state index contributed by atoms with van der Waals surface area (Å²) in [6.07, 6.45) is 1.22. The van der Waals surface area contributed by atoms with E-state index in [9.17, 15) is 0 Å². The fourth-order valence-electron chi connectivity index (χ4n) is 1.56. The second kappa shape index (κ2) is 8.17. The molecule has 1 aliphatic rings. The number of nitrogens with one attached hydrogen (secondary N) is 4. The Morgan fingerprint density at radius 3 is 2.21 bits per heavy atom. The first kappa shape index (κ1) is 11.9. The van der Waals surface area contributed by atoms with Gasteiger partial charge in [-0.3, -0.25) is 0 Å². The summed E-state index contributed by atoms with van der Waals surface area (Å²) in [5.41, 5.74) is 0. The Kier molecular flexibility index (Phi) is 6.95. The highest BCUT2D eigenvalue weighted by Crippen LogP contribution is 1.79. The van der Waals surface area contributed by atoms with Gasteiger partial charge in [0.15, 0.2) is 0 Å². The maximum atomic E-state index is 3.48. The van der Waals surface area contributed by atoms with Gasteiger partial charge in [0.05, 0.1) is 0 Å². The first-order valence-corrected chi connectivity index (χ1v) is 5.75. The van der Waals surface area contributed by atoms with E-state index in [-0.39, 0.29) is 0 Å². The molecule has 14 heavy (non-hydrogen) atoms. The Morgan fingerprint density at radius 2 is 1.43 bits per heavy atom. The molecule has 1 fully saturated rings. The summed E-state index contributed by atoms with van der Waals surface area (Å²) in [6.45, 7) is 9.81. The first-order chi connectivity index (χ1) is 6.89. The summed E-state index contributed by atoms with van der Waals surface area (Å²) >= 11 is 0. The molecule has 0 aromatic heterocycles. The average molecular weight is 200 g/mol. The van der Waals surface area contributed by atoms with E-state index < -0.39 is 0 Å². The molecule has 1 saturated heterocycles. The van der Waals surface area contributed by atoms with Crippen molar-refractivity contribution in [3.63, 3.8) is 0 Å². The van der Waals surface area contributed by atoms with Gasteiger partial charge in [-0.05, 0) is 26.4 Å². The van der Waals surface area contributed by atoms with Crippen molar-refractivity contribution in [3.8, 4) is 0 Å². The molecule has 4 heteroatoms. The molecule has 4 nitrogen and oxygen atoms in total. The summed E-state index contributed by atoms with van der Waals surface area (Å²) in [7, 11) is 0. The van der Waals surface area contributed by atoms with E-state index in [1.165, 1.54) is 6.42 Å². The van der Waals surface area contributed by atoms with Crippen LogP contribution < -0.4 is 21.3 Å². The van der Waals surface area contributed by atoms with Crippen molar-refractivity contribution >= 4 is 0 Å². The third-order valence-corrected chi connectivity index (χ3v) is 2.43. The van der Waals surface area contributed by atoms with E-state index >= 15 is 0 Å². The van der Waals surface area contributed by atoms with E-state index in [1.54, 1.807) is 0 Å². The summed E-state index contributed by atoms with van der Waals surface area (Å²) in [5, 5.41) is 13.7. The minimum absolute atomic E-state index is 0.567. The van der Waals surface area contributed by atoms with Crippen LogP contribution in [0, 0.1) is 0 Å². The molecule has 0 radical (unpaired) electrons. The molecule has 0 aliphatic carbocycles. The Hall–Kier alpha value is -0.160. The van der Waals surface area contributed by atoms with Gasteiger partial charge < -0.3 is 21.3 Å². The zero-order valence-electron chi connectivity index (χ0n) is 9.23. The van der Waals surface area contributed by atoms with E-state index in [0.717, 1.165) is 45.8 Å². The highest BCUT2D eigenvalue weighted by Gasteiger charge is 2.00. The average Bonchev–Trinajstić information content (AvgIpc) is 2.20. The van der Waals surface area contributed by atoms with Crippen molar-refractivity contribution in [1.82, 2.24) is 21.3 Å². The Labute approximate surface area is 87.2 Å². The van der Waals surface area contributed by atoms with Crippen LogP contribution in [0.1, 0.15) is 13.3 Å². The van der Waals surface area contributed by atoms with Gasteiger partial charge in [-0.2, -0.15) is 0 Å². The van der Waals surface area contributed by atoms with Gasteiger partial charge in [0.1, 0.15) is 0 Å². The fourth-order valence-corrected chi connectivity index (χ4v) is 1.56. The molecule has 1 heterocycles. The van der Waals surface area contributed by atoms with E-state index in [2.05, 4.69) is 28.2 Å². The quantitative estimate of drug-likeness (QED) is 0.411. The van der Waals surface area contributed by atoms with Crippen LogP contribution >= 0.6 is 0 Å². The first-order valence-electron chi connectivity index (χ1n) is 5.75. The largest absolute Gasteiger partial charge is 0.315 e. The van der Waals surface area contributed by atoms with E-state index in [0.29, 0.717) is 6.04 Å². The third-order valence-electron chi connectivity index (χ3n) is 2.43. The Balaban J connectivity index is 2.12. The summed E-state index contributed by atoms with van der Waals surface area (Å²) in [5.74, 6) is 0. The van der Waals surface area contributed by atoms with Crippen molar-refractivity contribution < 1.29 is 0 Å². The molecule has 1 unspecified atom stereocenters. The minimum atomic E-state index is 0.567. The minimum Gasteiger partial charge on any atom is -0.315 e. The van der Waals surface area contributed by atoms with E-state index in [4.69, 9.17) is 0 Å². The molecule has 1 rings (SSSR count). The third kappa shape index (κ3) is 6.32. The van der Waals surface area contributed by atoms with Gasteiger partial charge in [-0.15, -0.1) is 0 Å². The Morgan fingerprint density at radius 1 is 0.786 bits per heavy atom. The molecule has 0 bridgehead atoms. The summed E-state index contributed by atoms with van der Waals surface area (Å²) in [4.78, 5) is 0. The number of hydrogen-bond acceptors (Lipinski definition) is 4. The lowest BCUT2D eigenvalue weighted by atomic mass is 10.3. The zero-order valence-corrected chi connectivity index (χ0v) is 9.23. The van der Waals surface area contributed by atoms with Crippen LogP contribution in [0.2, 0.25) is 0 Å². The molecule has 0 aromatic carbocycles. The van der Waals surface area contributed by atoms with Crippen molar-refractivity contribution in [3.05, 3.63) is 0 Å². The van der Waals surface area contributed by atoms with Gasteiger partial charge in [0.25, 0.3) is 0 Å². The second-order valence-electron chi connectivity index (χ2n) is 3.91. The standard InChI is InChI=1S/C10H24N4/c1-10-9-13-6-5-11-3-2-4-12-7-8-14-10/h10-14H,2-9H2,1H3. The fraction of sp³-hybridized carbons (Fsp3) is 1.00. The SMILES string of the molecule is CC1CNCCNCCCNCCN1. The topological polar surface area (TPSA) is 48.1 Å². The highest BCUT2D eigenvalue weighted by molar-refractivity contribution is 4.66. The smallest absolute Gasteiger partial charge is 0.0164 e. The summed E-state index contributed by atoms with van der Waals surface area (Å²) < 4.78 is 0. The molecule has 1 aliphatic heterocycles. The maximum Gasteiger partial charge on any atom is 0.0164 e. The lowest BCUT2D eigenvalue weighted by molar-refractivity contribution is 0.497. The van der Waals surface area contributed by atoms with Gasteiger partial charge >= 0.3 is 0 Å². The number of hydrogen-bond donors (Lipinski definition) is 4. The molecule has 84 valence electrons. The molecular weight excluding hydrogens is 176 g/mol. The van der Waals surface area contributed by atoms with Crippen molar-refractivity contribution in [2.45, 2.75) is 19.4 Å². The summed E-state index contributed by atoms with van der Waals surface area (Å²) in [6, 6.07) is 0.567. The molecule has 0 aromatic rings. The molecule has 1 atom stereocenters. The van der Waals surface area contributed by atoms with Crippen LogP contribution in [0.4, 0.5) is 0 Å². The van der Waals surface area contributed by atoms with Gasteiger partial charge in [-0.25, -0.2) is 0 Å². The molecule has 0 amide bonds. The lowest BCUT2D eigenvalue weighted by Gasteiger charge is -2.14. The van der Waals surface area contributed by atoms with Gasteiger partial charge in [0, 0.05) is 38.8 Å². The predicted molar refractivity (Wildman–Crippen MR) is 60.7 cm³/mol. The van der Waals surface area contributed by atoms with Crippen LogP contribution in [-0.4, -0.2) is 51.9 Å². The Bertz CT molecular complexity index is 115. The molecule has 4 N–H and O–H groups in total. The van der Waals surface area contributed by atoms with Gasteiger partial charge in [-0.1, -0.05) is 0 Å². The van der Waals surface area contributed by atoms with Crippen LogP contribution in [0.3, 0.4) is 0 Å². The maximum absolute atomic E-state index is 3.48. The van der Waals surface area contributed by atoms with Crippen molar-refractivity contribution in [1.29, 1.82) is 0 Å². The van der Waals surface area contributed by atoms with Crippen LogP contribution in [0.25, 0.3) is 0 Å². The number of rotatable bonds is 0. The van der Waals surface area contributed by atoms with Crippen molar-refractivity contribution in [2.75, 3.05) is 45.8 Å². The van der Waals surface area contributed by atoms with Gasteiger partial charge in [0.2, 0.25) is 0 Å². The second-order valence-corrected chi connectivity index (χ2v) is 3.91. The normalized spacial score (nSPS) is 28.5. The van der Waals surface area contributed by atoms with E-state index in [1.807, 2.05) is 0 Å². The predicted octanol–water partition coefficient (Wildman–Crippen LogP) is -0.863. The zero-order chi connectivity index (χ0) is 10.1. The van der Waals surface area contributed by atoms with Crippen molar-refractivity contribution in [2.24, 2.45) is 0 Å². The van der Waals surface area contributed by atoms with Crippen LogP contribution in [0.15, 0.2) is 0 Å². The molecule has 0 saturated carbocycles. The van der Waals surface area contributed by atoms with Crippen LogP contribution in [0.5, 0.6) is 0 Å². The van der Waals surface area contributed by atoms with Crippen LogP contribution in [-0.2, 0) is 0 Å². The molecule has 0 spiro atoms. The highest BCUT2D eigenvalue weighted by atomic mass is 15.0. The lowest BCUT2D eigenvalue weighted by Crippen LogP contribution is -2.40.